The maximum absolute atomic E-state index is 12.0. The van der Waals surface area contributed by atoms with Gasteiger partial charge in [0.2, 0.25) is 5.91 Å². The van der Waals surface area contributed by atoms with Crippen molar-refractivity contribution in [1.29, 1.82) is 0 Å². The van der Waals surface area contributed by atoms with Gasteiger partial charge in [-0.15, -0.1) is 23.5 Å². The van der Waals surface area contributed by atoms with Gasteiger partial charge in [0.25, 0.3) is 5.91 Å². The van der Waals surface area contributed by atoms with Crippen LogP contribution in [0.25, 0.3) is 0 Å². The number of amides is 2. The fourth-order valence-corrected chi connectivity index (χ4v) is 5.08. The SMILES string of the molecule is CCNC(=O)[C@@H](C)NC(=O)COC(=O)c1ccc(C2SCCS2)cc1. The molecule has 1 fully saturated rings. The largest absolute Gasteiger partial charge is 0.452 e. The molecule has 1 aliphatic rings. The zero-order valence-corrected chi connectivity index (χ0v) is 15.9. The second-order valence-electron chi connectivity index (χ2n) is 5.46. The van der Waals surface area contributed by atoms with Crippen LogP contribution in [0.3, 0.4) is 0 Å². The lowest BCUT2D eigenvalue weighted by molar-refractivity contribution is -0.130. The van der Waals surface area contributed by atoms with Crippen LogP contribution in [0.4, 0.5) is 0 Å². The van der Waals surface area contributed by atoms with Gasteiger partial charge in [0.05, 0.1) is 10.1 Å². The Labute approximate surface area is 155 Å². The average Bonchev–Trinajstić information content (AvgIpc) is 3.14. The maximum atomic E-state index is 12.0. The molecule has 1 aromatic rings. The molecule has 1 heterocycles. The van der Waals surface area contributed by atoms with Crippen molar-refractivity contribution >= 4 is 41.3 Å². The molecule has 1 aromatic carbocycles. The Morgan fingerprint density at radius 3 is 2.44 bits per heavy atom. The van der Waals surface area contributed by atoms with E-state index in [0.717, 1.165) is 11.5 Å². The van der Waals surface area contributed by atoms with Crippen LogP contribution >= 0.6 is 23.5 Å². The lowest BCUT2D eigenvalue weighted by Gasteiger charge is -2.13. The van der Waals surface area contributed by atoms with Gasteiger partial charge in [-0.2, -0.15) is 0 Å². The van der Waals surface area contributed by atoms with Gasteiger partial charge in [0, 0.05) is 18.1 Å². The first-order chi connectivity index (χ1) is 12.0. The van der Waals surface area contributed by atoms with Gasteiger partial charge >= 0.3 is 5.97 Å². The summed E-state index contributed by atoms with van der Waals surface area (Å²) >= 11 is 3.79. The average molecular weight is 383 g/mol. The monoisotopic (exact) mass is 382 g/mol. The van der Waals surface area contributed by atoms with Gasteiger partial charge in [-0.3, -0.25) is 9.59 Å². The number of hydrogen-bond acceptors (Lipinski definition) is 6. The Morgan fingerprint density at radius 1 is 1.20 bits per heavy atom. The van der Waals surface area contributed by atoms with Crippen molar-refractivity contribution in [2.45, 2.75) is 24.5 Å². The van der Waals surface area contributed by atoms with Crippen LogP contribution in [0.15, 0.2) is 24.3 Å². The van der Waals surface area contributed by atoms with E-state index in [1.165, 1.54) is 5.56 Å². The van der Waals surface area contributed by atoms with Crippen LogP contribution in [0.1, 0.15) is 34.4 Å². The Kier molecular flexibility index (Phi) is 7.64. The molecule has 0 radical (unpaired) electrons. The number of benzene rings is 1. The first-order valence-corrected chi connectivity index (χ1v) is 10.2. The summed E-state index contributed by atoms with van der Waals surface area (Å²) in [6, 6.07) is 6.60. The van der Waals surface area contributed by atoms with Crippen LogP contribution in [0.2, 0.25) is 0 Å². The Morgan fingerprint density at radius 2 is 1.84 bits per heavy atom. The number of hydrogen-bond donors (Lipinski definition) is 2. The summed E-state index contributed by atoms with van der Waals surface area (Å²) in [4.78, 5) is 35.3. The first kappa shape index (κ1) is 19.7. The van der Waals surface area contributed by atoms with Crippen molar-refractivity contribution < 1.29 is 19.1 Å². The molecule has 2 N–H and O–H groups in total. The first-order valence-electron chi connectivity index (χ1n) is 8.08. The van der Waals surface area contributed by atoms with Gasteiger partial charge in [-0.25, -0.2) is 4.79 Å². The highest BCUT2D eigenvalue weighted by Gasteiger charge is 2.19. The predicted molar refractivity (Wildman–Crippen MR) is 101 cm³/mol. The molecule has 0 aromatic heterocycles. The van der Waals surface area contributed by atoms with Crippen molar-refractivity contribution in [2.24, 2.45) is 0 Å². The number of thioether (sulfide) groups is 2. The summed E-state index contributed by atoms with van der Waals surface area (Å²) in [6.45, 7) is 3.44. The number of carbonyl (C=O) groups excluding carboxylic acids is 3. The van der Waals surface area contributed by atoms with Crippen LogP contribution in [0.5, 0.6) is 0 Å². The standard InChI is InChI=1S/C17H22N2O4S2/c1-3-18-15(21)11(2)19-14(20)10-23-16(22)12-4-6-13(7-5-12)17-24-8-9-25-17/h4-7,11,17H,3,8-10H2,1-2H3,(H,18,21)(H,19,20)/t11-/m1/s1. The van der Waals surface area contributed by atoms with Crippen LogP contribution < -0.4 is 10.6 Å². The second kappa shape index (κ2) is 9.72. The zero-order valence-electron chi connectivity index (χ0n) is 14.2. The molecule has 1 saturated heterocycles. The van der Waals surface area contributed by atoms with E-state index in [0.29, 0.717) is 16.7 Å². The summed E-state index contributed by atoms with van der Waals surface area (Å²) in [5.74, 6) is 0.938. The molecule has 6 nitrogen and oxygen atoms in total. The molecule has 0 bridgehead atoms. The number of esters is 1. The summed E-state index contributed by atoms with van der Waals surface area (Å²) in [7, 11) is 0. The molecular weight excluding hydrogens is 360 g/mol. The van der Waals surface area contributed by atoms with E-state index >= 15 is 0 Å². The molecule has 1 aliphatic heterocycles. The van der Waals surface area contributed by atoms with Gasteiger partial charge < -0.3 is 15.4 Å². The normalized spacial score (nSPS) is 15.4. The molecule has 0 aliphatic carbocycles. The van der Waals surface area contributed by atoms with E-state index in [9.17, 15) is 14.4 Å². The van der Waals surface area contributed by atoms with Gasteiger partial charge in [0.1, 0.15) is 6.04 Å². The third-order valence-corrected chi connectivity index (χ3v) is 6.60. The molecule has 0 unspecified atom stereocenters. The molecule has 8 heteroatoms. The number of carbonyl (C=O) groups is 3. The van der Waals surface area contributed by atoms with Crippen molar-refractivity contribution in [2.75, 3.05) is 24.7 Å². The van der Waals surface area contributed by atoms with Crippen molar-refractivity contribution in [3.63, 3.8) is 0 Å². The van der Waals surface area contributed by atoms with E-state index in [4.69, 9.17) is 4.74 Å². The smallest absolute Gasteiger partial charge is 0.338 e. The molecule has 0 spiro atoms. The molecule has 2 rings (SSSR count). The van der Waals surface area contributed by atoms with Gasteiger partial charge in [0.15, 0.2) is 6.61 Å². The summed E-state index contributed by atoms with van der Waals surface area (Å²) in [5.41, 5.74) is 1.58. The Balaban J connectivity index is 1.79. The summed E-state index contributed by atoms with van der Waals surface area (Å²) in [6.07, 6.45) is 0. The maximum Gasteiger partial charge on any atom is 0.338 e. The van der Waals surface area contributed by atoms with E-state index in [2.05, 4.69) is 10.6 Å². The minimum Gasteiger partial charge on any atom is -0.452 e. The number of rotatable bonds is 7. The summed E-state index contributed by atoms with van der Waals surface area (Å²) in [5, 5.41) is 5.09. The van der Waals surface area contributed by atoms with Gasteiger partial charge in [-0.05, 0) is 31.5 Å². The van der Waals surface area contributed by atoms with E-state index in [1.54, 1.807) is 26.0 Å². The molecule has 25 heavy (non-hydrogen) atoms. The lowest BCUT2D eigenvalue weighted by Crippen LogP contribution is -2.46. The van der Waals surface area contributed by atoms with Crippen molar-refractivity contribution in [1.82, 2.24) is 10.6 Å². The van der Waals surface area contributed by atoms with Crippen LogP contribution in [-0.2, 0) is 14.3 Å². The number of ether oxygens (including phenoxy) is 1. The minimum atomic E-state index is -0.674. The van der Waals surface area contributed by atoms with E-state index < -0.39 is 24.5 Å². The topological polar surface area (TPSA) is 84.5 Å². The molecular formula is C17H22N2O4S2. The minimum absolute atomic E-state index is 0.277. The van der Waals surface area contributed by atoms with E-state index in [-0.39, 0.29) is 5.91 Å². The van der Waals surface area contributed by atoms with Crippen molar-refractivity contribution in [3.05, 3.63) is 35.4 Å². The second-order valence-corrected chi connectivity index (χ2v) is 8.18. The highest BCUT2D eigenvalue weighted by molar-refractivity contribution is 8.19. The van der Waals surface area contributed by atoms with Crippen LogP contribution in [-0.4, -0.2) is 48.5 Å². The predicted octanol–water partition coefficient (Wildman–Crippen LogP) is 1.96. The fourth-order valence-electron chi connectivity index (χ4n) is 2.22. The number of likely N-dealkylation sites (N-methyl/N-ethyl adjacent to an activating group) is 1. The third kappa shape index (κ3) is 5.97. The molecule has 2 amide bonds. The Hall–Kier alpha value is -1.67. The lowest BCUT2D eigenvalue weighted by atomic mass is 10.1. The third-order valence-electron chi connectivity index (χ3n) is 3.50. The highest BCUT2D eigenvalue weighted by Crippen LogP contribution is 2.45. The molecule has 0 saturated carbocycles. The van der Waals surface area contributed by atoms with Crippen molar-refractivity contribution in [3.8, 4) is 0 Å². The molecule has 1 atom stereocenters. The Bertz CT molecular complexity index is 616. The van der Waals surface area contributed by atoms with Gasteiger partial charge in [-0.1, -0.05) is 12.1 Å². The summed E-state index contributed by atoms with van der Waals surface area (Å²) < 4.78 is 5.43. The number of nitrogens with one attached hydrogen (secondary N) is 2. The zero-order chi connectivity index (χ0) is 18.2. The highest BCUT2D eigenvalue weighted by atomic mass is 32.2. The van der Waals surface area contributed by atoms with Crippen LogP contribution in [0, 0.1) is 0 Å². The fraction of sp³-hybridized carbons (Fsp3) is 0.471. The van der Waals surface area contributed by atoms with E-state index in [1.807, 2.05) is 35.7 Å². The quantitative estimate of drug-likeness (QED) is 0.702. The molecule has 136 valence electrons.